The molecule has 1 fully saturated rings. The molecular weight excluding hydrogens is 276 g/mol. The molecule has 0 aromatic heterocycles. The lowest BCUT2D eigenvalue weighted by atomic mass is 10.2. The average molecular weight is 299 g/mol. The molecule has 0 atom stereocenters. The average Bonchev–Trinajstić information content (AvgIpc) is 3.20. The van der Waals surface area contributed by atoms with E-state index in [1.54, 1.807) is 0 Å². The lowest BCUT2D eigenvalue weighted by Crippen LogP contribution is -2.19. The van der Waals surface area contributed by atoms with E-state index in [1.807, 2.05) is 0 Å². The first-order valence-corrected chi connectivity index (χ1v) is 7.45. The standard InChI is InChI=1S/C16H23F2NO2/c1-11(2)7-19-8-13-5-14(17)16(15(18)6-13)21-10-20-9-12-3-4-12/h5-6,11-12,19H,3-4,7-10H2,1-2H3. The van der Waals surface area contributed by atoms with Crippen LogP contribution in [0, 0.1) is 23.5 Å². The first-order chi connectivity index (χ1) is 10.1. The van der Waals surface area contributed by atoms with Gasteiger partial charge in [-0.05, 0) is 48.9 Å². The van der Waals surface area contributed by atoms with Crippen LogP contribution in [0.5, 0.6) is 5.75 Å². The van der Waals surface area contributed by atoms with Crippen molar-refractivity contribution in [2.45, 2.75) is 33.2 Å². The minimum Gasteiger partial charge on any atom is -0.461 e. The van der Waals surface area contributed by atoms with Crippen molar-refractivity contribution in [1.82, 2.24) is 5.32 Å². The summed E-state index contributed by atoms with van der Waals surface area (Å²) in [5.41, 5.74) is 0.567. The molecule has 0 saturated heterocycles. The van der Waals surface area contributed by atoms with Crippen LogP contribution in [0.25, 0.3) is 0 Å². The van der Waals surface area contributed by atoms with E-state index in [9.17, 15) is 8.78 Å². The number of hydrogen-bond donors (Lipinski definition) is 1. The third kappa shape index (κ3) is 5.59. The Morgan fingerprint density at radius 3 is 2.48 bits per heavy atom. The molecule has 0 radical (unpaired) electrons. The monoisotopic (exact) mass is 299 g/mol. The van der Waals surface area contributed by atoms with Crippen LogP contribution in [0.1, 0.15) is 32.3 Å². The van der Waals surface area contributed by atoms with Crippen LogP contribution in [-0.4, -0.2) is 19.9 Å². The van der Waals surface area contributed by atoms with Crippen molar-refractivity contribution in [3.05, 3.63) is 29.3 Å². The van der Waals surface area contributed by atoms with E-state index in [0.29, 0.717) is 30.6 Å². The van der Waals surface area contributed by atoms with Gasteiger partial charge in [0.25, 0.3) is 0 Å². The van der Waals surface area contributed by atoms with Gasteiger partial charge in [0.1, 0.15) is 0 Å². The maximum atomic E-state index is 13.8. The van der Waals surface area contributed by atoms with Gasteiger partial charge >= 0.3 is 0 Å². The van der Waals surface area contributed by atoms with Crippen LogP contribution in [0.2, 0.25) is 0 Å². The third-order valence-electron chi connectivity index (χ3n) is 3.28. The topological polar surface area (TPSA) is 30.5 Å². The Hall–Kier alpha value is -1.20. The molecule has 5 heteroatoms. The SMILES string of the molecule is CC(C)CNCc1cc(F)c(OCOCC2CC2)c(F)c1. The molecule has 118 valence electrons. The van der Waals surface area contributed by atoms with Crippen molar-refractivity contribution >= 4 is 0 Å². The van der Waals surface area contributed by atoms with E-state index in [2.05, 4.69) is 19.2 Å². The molecule has 0 spiro atoms. The van der Waals surface area contributed by atoms with Crippen molar-refractivity contribution < 1.29 is 18.3 Å². The molecule has 0 aliphatic heterocycles. The van der Waals surface area contributed by atoms with E-state index < -0.39 is 11.6 Å². The lowest BCUT2D eigenvalue weighted by Gasteiger charge is -2.11. The Balaban J connectivity index is 1.83. The summed E-state index contributed by atoms with van der Waals surface area (Å²) in [6, 6.07) is 2.60. The highest BCUT2D eigenvalue weighted by molar-refractivity contribution is 5.31. The highest BCUT2D eigenvalue weighted by Gasteiger charge is 2.21. The normalized spacial score (nSPS) is 14.7. The molecule has 1 aromatic carbocycles. The van der Waals surface area contributed by atoms with Gasteiger partial charge in [-0.15, -0.1) is 0 Å². The van der Waals surface area contributed by atoms with Gasteiger partial charge in [-0.2, -0.15) is 0 Å². The van der Waals surface area contributed by atoms with Gasteiger partial charge in [0, 0.05) is 6.54 Å². The summed E-state index contributed by atoms with van der Waals surface area (Å²) in [4.78, 5) is 0. The number of ether oxygens (including phenoxy) is 2. The largest absolute Gasteiger partial charge is 0.461 e. The zero-order valence-electron chi connectivity index (χ0n) is 12.6. The summed E-state index contributed by atoms with van der Waals surface area (Å²) >= 11 is 0. The van der Waals surface area contributed by atoms with Gasteiger partial charge in [0.05, 0.1) is 6.61 Å². The Morgan fingerprint density at radius 1 is 1.24 bits per heavy atom. The maximum Gasteiger partial charge on any atom is 0.193 e. The summed E-state index contributed by atoms with van der Waals surface area (Å²) in [6.45, 7) is 5.87. The molecule has 3 nitrogen and oxygen atoms in total. The van der Waals surface area contributed by atoms with Crippen LogP contribution in [-0.2, 0) is 11.3 Å². The zero-order valence-corrected chi connectivity index (χ0v) is 12.6. The van der Waals surface area contributed by atoms with Gasteiger partial charge in [-0.3, -0.25) is 0 Å². The van der Waals surface area contributed by atoms with Gasteiger partial charge in [0.15, 0.2) is 24.2 Å². The Morgan fingerprint density at radius 2 is 1.90 bits per heavy atom. The molecule has 1 aliphatic carbocycles. The van der Waals surface area contributed by atoms with Crippen molar-refractivity contribution in [3.8, 4) is 5.75 Å². The molecule has 1 N–H and O–H groups in total. The quantitative estimate of drug-likeness (QED) is 0.559. The molecule has 0 bridgehead atoms. The molecule has 21 heavy (non-hydrogen) atoms. The van der Waals surface area contributed by atoms with Crippen LogP contribution in [0.4, 0.5) is 8.78 Å². The number of halogens is 2. The minimum absolute atomic E-state index is 0.116. The van der Waals surface area contributed by atoms with Gasteiger partial charge in [-0.25, -0.2) is 8.78 Å². The highest BCUT2D eigenvalue weighted by atomic mass is 19.1. The van der Waals surface area contributed by atoms with E-state index in [0.717, 1.165) is 6.54 Å². The second-order valence-electron chi connectivity index (χ2n) is 5.99. The second kappa shape index (κ2) is 7.71. The fourth-order valence-corrected chi connectivity index (χ4v) is 1.96. The summed E-state index contributed by atoms with van der Waals surface area (Å²) in [6.07, 6.45) is 2.33. The minimum atomic E-state index is -0.689. The predicted molar refractivity (Wildman–Crippen MR) is 77.1 cm³/mol. The van der Waals surface area contributed by atoms with E-state index in [4.69, 9.17) is 9.47 Å². The smallest absolute Gasteiger partial charge is 0.193 e. The van der Waals surface area contributed by atoms with Crippen molar-refractivity contribution in [1.29, 1.82) is 0 Å². The predicted octanol–water partition coefficient (Wildman–Crippen LogP) is 3.47. The highest BCUT2D eigenvalue weighted by Crippen LogP contribution is 2.29. The van der Waals surface area contributed by atoms with Crippen LogP contribution in [0.15, 0.2) is 12.1 Å². The Kier molecular flexibility index (Phi) is 5.94. The summed E-state index contributed by atoms with van der Waals surface area (Å²) in [5, 5.41) is 3.15. The van der Waals surface area contributed by atoms with Crippen LogP contribution < -0.4 is 10.1 Å². The summed E-state index contributed by atoms with van der Waals surface area (Å²) in [7, 11) is 0. The van der Waals surface area contributed by atoms with E-state index >= 15 is 0 Å². The number of rotatable bonds is 9. The first kappa shape index (κ1) is 16.2. The second-order valence-corrected chi connectivity index (χ2v) is 5.99. The van der Waals surface area contributed by atoms with Gasteiger partial charge in [-0.1, -0.05) is 13.8 Å². The van der Waals surface area contributed by atoms with E-state index in [-0.39, 0.29) is 12.5 Å². The molecule has 1 aliphatic rings. The lowest BCUT2D eigenvalue weighted by molar-refractivity contribution is 0.00570. The van der Waals surface area contributed by atoms with Crippen molar-refractivity contribution in [2.75, 3.05) is 19.9 Å². The molecule has 0 unspecified atom stereocenters. The number of nitrogens with one attached hydrogen (secondary N) is 1. The molecule has 1 saturated carbocycles. The maximum absolute atomic E-state index is 13.8. The van der Waals surface area contributed by atoms with Crippen molar-refractivity contribution in [2.24, 2.45) is 11.8 Å². The van der Waals surface area contributed by atoms with Gasteiger partial charge < -0.3 is 14.8 Å². The molecular formula is C16H23F2NO2. The third-order valence-corrected chi connectivity index (χ3v) is 3.28. The van der Waals surface area contributed by atoms with Crippen molar-refractivity contribution in [3.63, 3.8) is 0 Å². The fraction of sp³-hybridized carbons (Fsp3) is 0.625. The molecule has 2 rings (SSSR count). The fourth-order valence-electron chi connectivity index (χ4n) is 1.96. The first-order valence-electron chi connectivity index (χ1n) is 7.45. The molecule has 1 aromatic rings. The Bertz CT molecular complexity index is 439. The summed E-state index contributed by atoms with van der Waals surface area (Å²) in [5.74, 6) is -0.653. The number of hydrogen-bond acceptors (Lipinski definition) is 3. The van der Waals surface area contributed by atoms with Crippen LogP contribution in [0.3, 0.4) is 0 Å². The van der Waals surface area contributed by atoms with E-state index in [1.165, 1.54) is 25.0 Å². The summed E-state index contributed by atoms with van der Waals surface area (Å²) < 4.78 is 38.0. The Labute approximate surface area is 124 Å². The molecule has 0 amide bonds. The number of benzene rings is 1. The van der Waals surface area contributed by atoms with Crippen LogP contribution >= 0.6 is 0 Å². The zero-order chi connectivity index (χ0) is 15.2. The van der Waals surface area contributed by atoms with Gasteiger partial charge in [0.2, 0.25) is 0 Å². The molecule has 0 heterocycles.